The Kier molecular flexibility index (Phi) is 6.58. The summed E-state index contributed by atoms with van der Waals surface area (Å²) >= 11 is 0. The molecule has 0 unspecified atom stereocenters. The lowest BCUT2D eigenvalue weighted by Gasteiger charge is -2.13. The van der Waals surface area contributed by atoms with Gasteiger partial charge in [-0.05, 0) is 62.1 Å². The van der Waals surface area contributed by atoms with Gasteiger partial charge in [0.15, 0.2) is 0 Å². The van der Waals surface area contributed by atoms with E-state index >= 15 is 0 Å². The first-order chi connectivity index (χ1) is 15.9. The second-order valence-corrected chi connectivity index (χ2v) is 8.65. The number of amides is 1. The summed E-state index contributed by atoms with van der Waals surface area (Å²) in [6.07, 6.45) is 7.88. The van der Waals surface area contributed by atoms with Gasteiger partial charge in [-0.3, -0.25) is 19.7 Å². The average Bonchev–Trinajstić information content (AvgIpc) is 3.26. The van der Waals surface area contributed by atoms with Crippen molar-refractivity contribution in [3.05, 3.63) is 89.4 Å². The van der Waals surface area contributed by atoms with Crippen LogP contribution in [0.5, 0.6) is 0 Å². The standard InChI is InChI=1S/C26H28N6O/c1-17(2)9-23-7-8-31-32(23)24-11-20(25-6-5-18(3)13-29-25)10-21(12-24)26(33)30-16-22-15-27-19(4)14-28-22/h5-8,10-15,17H,9,16H2,1-4H3,(H,30,33). The van der Waals surface area contributed by atoms with E-state index in [1.54, 1.807) is 18.6 Å². The molecule has 4 aromatic rings. The molecule has 1 N–H and O–H groups in total. The van der Waals surface area contributed by atoms with Crippen molar-refractivity contribution in [1.82, 2.24) is 30.0 Å². The summed E-state index contributed by atoms with van der Waals surface area (Å²) in [6, 6.07) is 11.8. The molecule has 0 spiro atoms. The third-order valence-corrected chi connectivity index (χ3v) is 5.23. The molecule has 0 radical (unpaired) electrons. The van der Waals surface area contributed by atoms with Gasteiger partial charge in [-0.25, -0.2) is 4.68 Å². The molecule has 7 nitrogen and oxygen atoms in total. The summed E-state index contributed by atoms with van der Waals surface area (Å²) in [5, 5.41) is 7.49. The largest absolute Gasteiger partial charge is 0.346 e. The van der Waals surface area contributed by atoms with Crippen molar-refractivity contribution in [1.29, 1.82) is 0 Å². The Morgan fingerprint density at radius 2 is 1.85 bits per heavy atom. The first kappa shape index (κ1) is 22.3. The van der Waals surface area contributed by atoms with Crippen molar-refractivity contribution < 1.29 is 4.79 Å². The van der Waals surface area contributed by atoms with Crippen LogP contribution in [0.3, 0.4) is 0 Å². The minimum Gasteiger partial charge on any atom is -0.346 e. The van der Waals surface area contributed by atoms with Gasteiger partial charge in [-0.1, -0.05) is 19.9 Å². The number of aryl methyl sites for hydroxylation is 2. The van der Waals surface area contributed by atoms with Gasteiger partial charge < -0.3 is 5.32 Å². The first-order valence-electron chi connectivity index (χ1n) is 11.1. The number of hydrogen-bond acceptors (Lipinski definition) is 5. The number of pyridine rings is 1. The lowest BCUT2D eigenvalue weighted by molar-refractivity contribution is 0.0950. The number of nitrogens with zero attached hydrogens (tertiary/aromatic N) is 5. The van der Waals surface area contributed by atoms with Gasteiger partial charge in [0.05, 0.1) is 35.5 Å². The van der Waals surface area contributed by atoms with E-state index in [4.69, 9.17) is 0 Å². The molecule has 3 heterocycles. The minimum absolute atomic E-state index is 0.190. The van der Waals surface area contributed by atoms with Gasteiger partial charge in [-0.15, -0.1) is 0 Å². The Bertz CT molecular complexity index is 1240. The van der Waals surface area contributed by atoms with E-state index in [1.807, 2.05) is 61.1 Å². The quantitative estimate of drug-likeness (QED) is 0.458. The van der Waals surface area contributed by atoms with Crippen LogP contribution < -0.4 is 5.32 Å². The molecular weight excluding hydrogens is 412 g/mol. The number of rotatable bonds is 7. The summed E-state index contributed by atoms with van der Waals surface area (Å²) in [6.45, 7) is 8.54. The molecule has 1 amide bonds. The number of benzene rings is 1. The molecule has 0 atom stereocenters. The maximum Gasteiger partial charge on any atom is 0.251 e. The van der Waals surface area contributed by atoms with Crippen molar-refractivity contribution in [2.75, 3.05) is 0 Å². The average molecular weight is 441 g/mol. The molecule has 0 saturated heterocycles. The summed E-state index contributed by atoms with van der Waals surface area (Å²) in [4.78, 5) is 26.2. The van der Waals surface area contributed by atoms with Gasteiger partial charge >= 0.3 is 0 Å². The van der Waals surface area contributed by atoms with Crippen molar-refractivity contribution in [2.45, 2.75) is 40.7 Å². The highest BCUT2D eigenvalue weighted by molar-refractivity contribution is 5.96. The molecule has 7 heteroatoms. The van der Waals surface area contributed by atoms with Crippen LogP contribution in [-0.4, -0.2) is 30.6 Å². The summed E-state index contributed by atoms with van der Waals surface area (Å²) in [5.41, 5.74) is 6.75. The maximum atomic E-state index is 13.1. The highest BCUT2D eigenvalue weighted by Crippen LogP contribution is 2.24. The van der Waals surface area contributed by atoms with E-state index in [9.17, 15) is 4.79 Å². The molecule has 0 bridgehead atoms. The second kappa shape index (κ2) is 9.73. The Morgan fingerprint density at radius 1 is 1.00 bits per heavy atom. The van der Waals surface area contributed by atoms with Crippen LogP contribution in [0.4, 0.5) is 0 Å². The summed E-state index contributed by atoms with van der Waals surface area (Å²) in [7, 11) is 0. The van der Waals surface area contributed by atoms with Crippen LogP contribution in [0.1, 0.15) is 46.9 Å². The van der Waals surface area contributed by atoms with E-state index in [-0.39, 0.29) is 5.91 Å². The lowest BCUT2D eigenvalue weighted by atomic mass is 10.0. The molecular formula is C26H28N6O. The van der Waals surface area contributed by atoms with Crippen molar-refractivity contribution in [3.63, 3.8) is 0 Å². The molecule has 0 aliphatic heterocycles. The number of hydrogen-bond donors (Lipinski definition) is 1. The summed E-state index contributed by atoms with van der Waals surface area (Å²) < 4.78 is 1.90. The normalized spacial score (nSPS) is 11.1. The number of aromatic nitrogens is 5. The molecule has 3 aromatic heterocycles. The second-order valence-electron chi connectivity index (χ2n) is 8.65. The smallest absolute Gasteiger partial charge is 0.251 e. The van der Waals surface area contributed by atoms with Gasteiger partial charge in [-0.2, -0.15) is 5.10 Å². The van der Waals surface area contributed by atoms with Crippen LogP contribution in [0, 0.1) is 19.8 Å². The third kappa shape index (κ3) is 5.49. The molecule has 4 rings (SSSR count). The van der Waals surface area contributed by atoms with E-state index < -0.39 is 0 Å². The van der Waals surface area contributed by atoms with Crippen molar-refractivity contribution in [3.8, 4) is 16.9 Å². The zero-order valence-corrected chi connectivity index (χ0v) is 19.4. The third-order valence-electron chi connectivity index (χ3n) is 5.23. The fraction of sp³-hybridized carbons (Fsp3) is 0.269. The molecule has 33 heavy (non-hydrogen) atoms. The fourth-order valence-electron chi connectivity index (χ4n) is 3.57. The van der Waals surface area contributed by atoms with E-state index in [0.29, 0.717) is 23.7 Å². The predicted molar refractivity (Wildman–Crippen MR) is 128 cm³/mol. The van der Waals surface area contributed by atoms with Crippen molar-refractivity contribution in [2.24, 2.45) is 5.92 Å². The van der Waals surface area contributed by atoms with Crippen LogP contribution in [-0.2, 0) is 13.0 Å². The highest BCUT2D eigenvalue weighted by atomic mass is 16.1. The van der Waals surface area contributed by atoms with Gasteiger partial charge in [0.25, 0.3) is 5.91 Å². The molecule has 168 valence electrons. The maximum absolute atomic E-state index is 13.1. The number of carbonyl (C=O) groups excluding carboxylic acids is 1. The zero-order chi connectivity index (χ0) is 23.4. The molecule has 0 saturated carbocycles. The number of carbonyl (C=O) groups is 1. The van der Waals surface area contributed by atoms with Gasteiger partial charge in [0.2, 0.25) is 0 Å². The Hall–Kier alpha value is -3.87. The van der Waals surface area contributed by atoms with E-state index in [1.165, 1.54) is 0 Å². The molecule has 0 fully saturated rings. The van der Waals surface area contributed by atoms with E-state index in [0.717, 1.165) is 40.3 Å². The Labute approximate surface area is 193 Å². The minimum atomic E-state index is -0.190. The molecule has 1 aromatic carbocycles. The van der Waals surface area contributed by atoms with E-state index in [2.05, 4.69) is 39.2 Å². The predicted octanol–water partition coefficient (Wildman–Crippen LogP) is 4.47. The van der Waals surface area contributed by atoms with Gasteiger partial charge in [0.1, 0.15) is 0 Å². The van der Waals surface area contributed by atoms with Crippen LogP contribution in [0.15, 0.2) is 61.2 Å². The van der Waals surface area contributed by atoms with Crippen LogP contribution in [0.2, 0.25) is 0 Å². The molecule has 0 aliphatic carbocycles. The molecule has 0 aliphatic rings. The van der Waals surface area contributed by atoms with Crippen LogP contribution >= 0.6 is 0 Å². The Morgan fingerprint density at radius 3 is 2.55 bits per heavy atom. The van der Waals surface area contributed by atoms with Gasteiger partial charge in [0, 0.05) is 35.4 Å². The number of nitrogens with one attached hydrogen (secondary N) is 1. The highest BCUT2D eigenvalue weighted by Gasteiger charge is 2.14. The first-order valence-corrected chi connectivity index (χ1v) is 11.1. The zero-order valence-electron chi connectivity index (χ0n) is 19.4. The topological polar surface area (TPSA) is 85.6 Å². The Balaban J connectivity index is 1.69. The van der Waals surface area contributed by atoms with Crippen molar-refractivity contribution >= 4 is 5.91 Å². The van der Waals surface area contributed by atoms with Crippen LogP contribution in [0.25, 0.3) is 16.9 Å². The SMILES string of the molecule is Cc1ccc(-c2cc(C(=O)NCc3cnc(C)cn3)cc(-n3nccc3CC(C)C)c2)nc1. The summed E-state index contributed by atoms with van der Waals surface area (Å²) in [5.74, 6) is 0.297. The monoisotopic (exact) mass is 440 g/mol. The lowest BCUT2D eigenvalue weighted by Crippen LogP contribution is -2.23. The fourth-order valence-corrected chi connectivity index (χ4v) is 3.57.